The number of methoxy groups -OCH3 is 2. The standard InChI is InChI=1S/C24H33N7O4/c1-14(23(32)28-17-8-9-19(17)35-5)22-29-20(13-21(25-2)31(22)26-3)27-18-7-6-10-30(24(18)33)15-11-16(12-15)34-4/h6-7,10,13,15-17,19,25H,3,8-9,11-12H2,1-2,4-5H3,(H,27,29)(H,28,32)/b22-14+/t15-,16+,17-,19-/m0/s1. The van der Waals surface area contributed by atoms with Crippen molar-refractivity contribution in [3.8, 4) is 0 Å². The molecule has 0 aromatic carbocycles. The van der Waals surface area contributed by atoms with E-state index in [1.54, 1.807) is 51.1 Å². The summed E-state index contributed by atoms with van der Waals surface area (Å²) in [5, 5.41) is 14.7. The van der Waals surface area contributed by atoms with Crippen LogP contribution in [-0.4, -0.2) is 67.6 Å². The Bertz CT molecular complexity index is 1130. The summed E-state index contributed by atoms with van der Waals surface area (Å²) in [5.74, 6) is 0.989. The van der Waals surface area contributed by atoms with Crippen molar-refractivity contribution in [1.82, 2.24) is 20.2 Å². The highest BCUT2D eigenvalue weighted by molar-refractivity contribution is 6.06. The van der Waals surface area contributed by atoms with E-state index in [-0.39, 0.29) is 35.8 Å². The first-order valence-corrected chi connectivity index (χ1v) is 11.7. The van der Waals surface area contributed by atoms with Crippen molar-refractivity contribution in [2.24, 2.45) is 10.1 Å². The van der Waals surface area contributed by atoms with Gasteiger partial charge in [0, 0.05) is 46.3 Å². The first-order chi connectivity index (χ1) is 16.9. The molecule has 0 unspecified atom stereocenters. The first-order valence-electron chi connectivity index (χ1n) is 11.7. The average Bonchev–Trinajstić information content (AvgIpc) is 2.82. The number of ether oxygens (including phenoxy) is 2. The number of nitrogens with one attached hydrogen (secondary N) is 3. The maximum absolute atomic E-state index is 13.1. The monoisotopic (exact) mass is 483 g/mol. The molecule has 11 nitrogen and oxygen atoms in total. The second-order valence-corrected chi connectivity index (χ2v) is 8.85. The molecule has 1 aromatic rings. The lowest BCUT2D eigenvalue weighted by Gasteiger charge is -2.36. The Hall–Kier alpha value is -3.44. The summed E-state index contributed by atoms with van der Waals surface area (Å²) in [6.45, 7) is 5.31. The Morgan fingerprint density at radius 2 is 2.03 bits per heavy atom. The fourth-order valence-corrected chi connectivity index (χ4v) is 4.41. The number of carbonyl (C=O) groups is 1. The van der Waals surface area contributed by atoms with Crippen LogP contribution in [0, 0.1) is 0 Å². The topological polar surface area (TPSA) is 122 Å². The molecule has 2 heterocycles. The molecule has 0 radical (unpaired) electrons. The molecule has 35 heavy (non-hydrogen) atoms. The van der Waals surface area contributed by atoms with Crippen molar-refractivity contribution in [3.05, 3.63) is 52.0 Å². The van der Waals surface area contributed by atoms with Gasteiger partial charge in [-0.2, -0.15) is 10.1 Å². The third kappa shape index (κ3) is 4.87. The minimum Gasteiger partial charge on any atom is -0.381 e. The van der Waals surface area contributed by atoms with E-state index in [0.717, 1.165) is 25.7 Å². The van der Waals surface area contributed by atoms with Crippen LogP contribution in [0.4, 0.5) is 5.69 Å². The minimum atomic E-state index is -0.263. The van der Waals surface area contributed by atoms with Gasteiger partial charge in [-0.25, -0.2) is 4.99 Å². The number of hydrogen-bond donors (Lipinski definition) is 3. The molecule has 2 atom stereocenters. The van der Waals surface area contributed by atoms with Crippen LogP contribution < -0.4 is 21.5 Å². The number of anilines is 1. The molecule has 3 aliphatic rings. The van der Waals surface area contributed by atoms with Gasteiger partial charge in [0.1, 0.15) is 17.3 Å². The predicted molar refractivity (Wildman–Crippen MR) is 134 cm³/mol. The summed E-state index contributed by atoms with van der Waals surface area (Å²) in [6.07, 6.45) is 7.08. The number of amides is 1. The van der Waals surface area contributed by atoms with Crippen LogP contribution in [0.5, 0.6) is 0 Å². The Morgan fingerprint density at radius 1 is 1.26 bits per heavy atom. The van der Waals surface area contributed by atoms with Crippen molar-refractivity contribution in [3.63, 3.8) is 0 Å². The van der Waals surface area contributed by atoms with E-state index in [4.69, 9.17) is 9.47 Å². The Morgan fingerprint density at radius 3 is 2.63 bits per heavy atom. The molecule has 1 aliphatic heterocycles. The van der Waals surface area contributed by atoms with E-state index in [1.807, 2.05) is 6.07 Å². The van der Waals surface area contributed by atoms with Crippen LogP contribution in [0.25, 0.3) is 0 Å². The highest BCUT2D eigenvalue weighted by Gasteiger charge is 2.34. The number of hydrazone groups is 1. The van der Waals surface area contributed by atoms with Crippen molar-refractivity contribution in [2.75, 3.05) is 26.6 Å². The van der Waals surface area contributed by atoms with E-state index in [2.05, 4.69) is 32.8 Å². The highest BCUT2D eigenvalue weighted by Crippen LogP contribution is 2.33. The molecule has 1 aromatic heterocycles. The molecular weight excluding hydrogens is 450 g/mol. The Labute approximate surface area is 204 Å². The first kappa shape index (κ1) is 24.7. The SMILES string of the molecule is C=NN1C(NC)=CC(Nc2cccn([C@H]3C[C@@H](OC)C3)c2=O)=N/C1=C(/C)C(=O)N[C@H]1CC[C@@H]1OC. The molecule has 1 amide bonds. The summed E-state index contributed by atoms with van der Waals surface area (Å²) < 4.78 is 12.5. The number of hydrogen-bond acceptors (Lipinski definition) is 9. The van der Waals surface area contributed by atoms with Gasteiger partial charge in [-0.15, -0.1) is 0 Å². The molecule has 4 rings (SSSR count). The van der Waals surface area contributed by atoms with Crippen LogP contribution in [-0.2, 0) is 14.3 Å². The Kier molecular flexibility index (Phi) is 7.37. The van der Waals surface area contributed by atoms with E-state index in [0.29, 0.717) is 28.7 Å². The van der Waals surface area contributed by atoms with Gasteiger partial charge < -0.3 is 30.0 Å². The minimum absolute atomic E-state index is 0.0142. The normalized spacial score (nSPS) is 27.0. The second kappa shape index (κ2) is 10.4. The van der Waals surface area contributed by atoms with Crippen LogP contribution in [0.15, 0.2) is 56.5 Å². The van der Waals surface area contributed by atoms with E-state index in [9.17, 15) is 9.59 Å². The molecule has 3 N–H and O–H groups in total. The van der Waals surface area contributed by atoms with Crippen molar-refractivity contribution in [2.45, 2.75) is 56.9 Å². The van der Waals surface area contributed by atoms with Crippen LogP contribution >= 0.6 is 0 Å². The number of aromatic nitrogens is 1. The molecule has 2 saturated carbocycles. The van der Waals surface area contributed by atoms with Gasteiger partial charge in [0.25, 0.3) is 11.5 Å². The summed E-state index contributed by atoms with van der Waals surface area (Å²) in [6, 6.07) is 3.61. The van der Waals surface area contributed by atoms with Gasteiger partial charge in [-0.1, -0.05) is 0 Å². The summed E-state index contributed by atoms with van der Waals surface area (Å²) in [7, 11) is 5.06. The van der Waals surface area contributed by atoms with Crippen LogP contribution in [0.2, 0.25) is 0 Å². The lowest BCUT2D eigenvalue weighted by Crippen LogP contribution is -2.51. The number of pyridine rings is 1. The lowest BCUT2D eigenvalue weighted by atomic mass is 9.89. The fourth-order valence-electron chi connectivity index (χ4n) is 4.41. The largest absolute Gasteiger partial charge is 0.381 e. The maximum atomic E-state index is 13.1. The lowest BCUT2D eigenvalue weighted by molar-refractivity contribution is -0.120. The molecule has 0 saturated heterocycles. The number of rotatable bonds is 8. The number of carbonyl (C=O) groups excluding carboxylic acids is 1. The molecule has 11 heteroatoms. The van der Waals surface area contributed by atoms with Crippen molar-refractivity contribution in [1.29, 1.82) is 0 Å². The van der Waals surface area contributed by atoms with E-state index < -0.39 is 0 Å². The molecule has 2 fully saturated rings. The van der Waals surface area contributed by atoms with Gasteiger partial charge in [0.15, 0.2) is 5.82 Å². The molecule has 0 bridgehead atoms. The van der Waals surface area contributed by atoms with Gasteiger partial charge in [-0.05, 0) is 44.7 Å². The predicted octanol–water partition coefficient (Wildman–Crippen LogP) is 1.53. The smallest absolute Gasteiger partial charge is 0.274 e. The zero-order valence-corrected chi connectivity index (χ0v) is 20.6. The number of amidine groups is 1. The maximum Gasteiger partial charge on any atom is 0.274 e. The average molecular weight is 484 g/mol. The molecular formula is C24H33N7O4. The highest BCUT2D eigenvalue weighted by atomic mass is 16.5. The third-order valence-electron chi connectivity index (χ3n) is 6.87. The third-order valence-corrected chi connectivity index (χ3v) is 6.87. The number of nitrogens with zero attached hydrogens (tertiary/aromatic N) is 4. The summed E-state index contributed by atoms with van der Waals surface area (Å²) in [5.41, 5.74) is 0.608. The van der Waals surface area contributed by atoms with Crippen molar-refractivity contribution < 1.29 is 14.3 Å². The van der Waals surface area contributed by atoms with Crippen LogP contribution in [0.3, 0.4) is 0 Å². The van der Waals surface area contributed by atoms with Gasteiger partial charge in [0.05, 0.1) is 23.8 Å². The molecule has 0 spiro atoms. The number of aliphatic imine (C=N–C) groups is 1. The second-order valence-electron chi connectivity index (χ2n) is 8.85. The Balaban J connectivity index is 1.60. The fraction of sp³-hybridized carbons (Fsp3) is 0.500. The van der Waals surface area contributed by atoms with E-state index >= 15 is 0 Å². The molecule has 188 valence electrons. The van der Waals surface area contributed by atoms with Crippen molar-refractivity contribution >= 4 is 24.1 Å². The quantitative estimate of drug-likeness (QED) is 0.379. The van der Waals surface area contributed by atoms with Crippen LogP contribution in [0.1, 0.15) is 38.6 Å². The van der Waals surface area contributed by atoms with Gasteiger partial charge in [0.2, 0.25) is 0 Å². The van der Waals surface area contributed by atoms with Gasteiger partial charge >= 0.3 is 0 Å². The zero-order valence-electron chi connectivity index (χ0n) is 20.6. The van der Waals surface area contributed by atoms with Gasteiger partial charge in [-0.3, -0.25) is 9.59 Å². The van der Waals surface area contributed by atoms with E-state index in [1.165, 1.54) is 5.01 Å². The molecule has 2 aliphatic carbocycles. The summed E-state index contributed by atoms with van der Waals surface area (Å²) in [4.78, 5) is 30.7. The summed E-state index contributed by atoms with van der Waals surface area (Å²) >= 11 is 0. The zero-order chi connectivity index (χ0) is 25.1.